The number of sulfonamides is 1. The summed E-state index contributed by atoms with van der Waals surface area (Å²) in [7, 11) is -3.44. The molecule has 2 aliphatic rings. The molecule has 0 spiro atoms. The van der Waals surface area contributed by atoms with Gasteiger partial charge < -0.3 is 14.5 Å². The predicted molar refractivity (Wildman–Crippen MR) is 110 cm³/mol. The van der Waals surface area contributed by atoms with Crippen LogP contribution < -0.4 is 14.4 Å². The van der Waals surface area contributed by atoms with Gasteiger partial charge in [-0.1, -0.05) is 12.6 Å². The van der Waals surface area contributed by atoms with Crippen LogP contribution in [0.4, 0.5) is 5.69 Å². The van der Waals surface area contributed by atoms with Crippen molar-refractivity contribution in [1.82, 2.24) is 9.62 Å². The number of ether oxygens (including phenoxy) is 1. The molecule has 1 aromatic rings. The third-order valence-corrected chi connectivity index (χ3v) is 6.41. The van der Waals surface area contributed by atoms with E-state index in [1.54, 1.807) is 4.90 Å². The lowest BCUT2D eigenvalue weighted by Gasteiger charge is -2.32. The zero-order valence-corrected chi connectivity index (χ0v) is 17.2. The minimum absolute atomic E-state index is 0.00699. The minimum atomic E-state index is -3.44. The number of benzene rings is 1. The third-order valence-electron chi connectivity index (χ3n) is 5.31. The van der Waals surface area contributed by atoms with Crippen LogP contribution in [0.2, 0.25) is 0 Å². The van der Waals surface area contributed by atoms with E-state index in [0.717, 1.165) is 29.9 Å². The number of nitrogens with zero attached hydrogens (tertiary/aromatic N) is 2. The summed E-state index contributed by atoms with van der Waals surface area (Å²) < 4.78 is 31.6. The van der Waals surface area contributed by atoms with Gasteiger partial charge in [0.05, 0.1) is 5.69 Å². The minimum Gasteiger partial charge on any atom is -0.482 e. The molecular weight excluding hydrogens is 378 g/mol. The fraction of sp³-hybridized carbons (Fsp3) is 0.550. The average molecular weight is 408 g/mol. The molecule has 2 heterocycles. The van der Waals surface area contributed by atoms with Crippen molar-refractivity contribution in [3.05, 3.63) is 35.7 Å². The summed E-state index contributed by atoms with van der Waals surface area (Å²) in [4.78, 5) is 16.6. The highest BCUT2D eigenvalue weighted by Gasteiger charge is 2.25. The number of hydrogen-bond acceptors (Lipinski definition) is 5. The molecule has 0 radical (unpaired) electrons. The Labute approximate surface area is 167 Å². The van der Waals surface area contributed by atoms with Crippen molar-refractivity contribution in [3.63, 3.8) is 0 Å². The first kappa shape index (κ1) is 20.7. The van der Waals surface area contributed by atoms with Crippen LogP contribution in [0, 0.1) is 6.92 Å². The number of piperidine rings is 1. The van der Waals surface area contributed by atoms with Gasteiger partial charge in [0.15, 0.2) is 6.61 Å². The maximum Gasteiger partial charge on any atom is 0.260 e. The number of aryl methyl sites for hydroxylation is 1. The fourth-order valence-corrected chi connectivity index (χ4v) is 4.51. The van der Waals surface area contributed by atoms with Crippen LogP contribution in [0.5, 0.6) is 5.75 Å². The van der Waals surface area contributed by atoms with Gasteiger partial charge in [0.1, 0.15) is 5.75 Å². The van der Waals surface area contributed by atoms with Crippen molar-refractivity contribution in [2.24, 2.45) is 0 Å². The molecule has 1 N–H and O–H groups in total. The molecule has 1 amide bonds. The van der Waals surface area contributed by atoms with Gasteiger partial charge in [-0.25, -0.2) is 13.1 Å². The topological polar surface area (TPSA) is 79.0 Å². The van der Waals surface area contributed by atoms with E-state index in [1.807, 2.05) is 12.1 Å². The molecule has 0 unspecified atom stereocenters. The van der Waals surface area contributed by atoms with Gasteiger partial charge in [-0.05, 0) is 50.3 Å². The van der Waals surface area contributed by atoms with Crippen LogP contribution >= 0.6 is 0 Å². The van der Waals surface area contributed by atoms with E-state index in [9.17, 15) is 13.2 Å². The Kier molecular flexibility index (Phi) is 6.61. The van der Waals surface area contributed by atoms with Crippen molar-refractivity contribution in [2.75, 3.05) is 37.7 Å². The van der Waals surface area contributed by atoms with Crippen molar-refractivity contribution in [2.45, 2.75) is 38.6 Å². The number of amides is 1. The summed E-state index contributed by atoms with van der Waals surface area (Å²) in [6, 6.07) is 5.89. The van der Waals surface area contributed by atoms with Crippen molar-refractivity contribution >= 4 is 21.6 Å². The van der Waals surface area contributed by atoms with E-state index >= 15 is 0 Å². The van der Waals surface area contributed by atoms with Crippen LogP contribution in [-0.4, -0.2) is 58.1 Å². The largest absolute Gasteiger partial charge is 0.482 e. The Morgan fingerprint density at radius 3 is 2.57 bits per heavy atom. The number of carbonyl (C=O) groups is 1. The van der Waals surface area contributed by atoms with Gasteiger partial charge in [0.25, 0.3) is 5.91 Å². The van der Waals surface area contributed by atoms with Gasteiger partial charge in [0, 0.05) is 37.6 Å². The third kappa shape index (κ3) is 5.26. The molecule has 0 bridgehead atoms. The molecule has 8 heteroatoms. The van der Waals surface area contributed by atoms with Crippen LogP contribution in [0.15, 0.2) is 30.2 Å². The number of likely N-dealkylation sites (tertiary alicyclic amines) is 1. The summed E-state index contributed by atoms with van der Waals surface area (Å²) in [5.41, 5.74) is 2.23. The summed E-state index contributed by atoms with van der Waals surface area (Å²) in [5.74, 6) is 0.674. The molecule has 154 valence electrons. The normalized spacial score (nSPS) is 18.3. The van der Waals surface area contributed by atoms with E-state index in [4.69, 9.17) is 4.74 Å². The molecule has 3 rings (SSSR count). The van der Waals surface area contributed by atoms with Crippen LogP contribution in [0.1, 0.15) is 31.2 Å². The SMILES string of the molecule is C=CS(=O)(=O)NC1CCN(C(=O)COc2ccc(C)cc2N2CCCC2)CC1. The maximum absolute atomic E-state index is 12.6. The summed E-state index contributed by atoms with van der Waals surface area (Å²) in [5, 5.41) is 0.915. The van der Waals surface area contributed by atoms with E-state index in [-0.39, 0.29) is 18.6 Å². The number of anilines is 1. The highest BCUT2D eigenvalue weighted by atomic mass is 32.2. The molecule has 28 heavy (non-hydrogen) atoms. The van der Waals surface area contributed by atoms with Gasteiger partial charge in [-0.2, -0.15) is 0 Å². The molecule has 0 atom stereocenters. The lowest BCUT2D eigenvalue weighted by molar-refractivity contribution is -0.134. The molecule has 2 saturated heterocycles. The second kappa shape index (κ2) is 8.96. The fourth-order valence-electron chi connectivity index (χ4n) is 3.71. The van der Waals surface area contributed by atoms with Crippen LogP contribution in [0.25, 0.3) is 0 Å². The second-order valence-electron chi connectivity index (χ2n) is 7.44. The van der Waals surface area contributed by atoms with Gasteiger partial charge in [-0.3, -0.25) is 4.79 Å². The first-order valence-corrected chi connectivity index (χ1v) is 11.3. The first-order valence-electron chi connectivity index (χ1n) is 9.79. The number of rotatable bonds is 7. The molecule has 0 aromatic heterocycles. The molecule has 2 fully saturated rings. The second-order valence-corrected chi connectivity index (χ2v) is 9.10. The van der Waals surface area contributed by atoms with E-state index in [1.165, 1.54) is 18.4 Å². The van der Waals surface area contributed by atoms with E-state index < -0.39 is 10.0 Å². The molecule has 0 aliphatic carbocycles. The number of hydrogen-bond donors (Lipinski definition) is 1. The quantitative estimate of drug-likeness (QED) is 0.748. The van der Waals surface area contributed by atoms with Crippen molar-refractivity contribution in [1.29, 1.82) is 0 Å². The van der Waals surface area contributed by atoms with Crippen molar-refractivity contribution < 1.29 is 17.9 Å². The highest BCUT2D eigenvalue weighted by Crippen LogP contribution is 2.32. The zero-order valence-electron chi connectivity index (χ0n) is 16.4. The van der Waals surface area contributed by atoms with Gasteiger partial charge in [0.2, 0.25) is 10.0 Å². The highest BCUT2D eigenvalue weighted by molar-refractivity contribution is 7.92. The molecular formula is C20H29N3O4S. The average Bonchev–Trinajstić information content (AvgIpc) is 3.21. The van der Waals surface area contributed by atoms with E-state index in [0.29, 0.717) is 25.9 Å². The Morgan fingerprint density at radius 1 is 1.25 bits per heavy atom. The monoisotopic (exact) mass is 407 g/mol. The lowest BCUT2D eigenvalue weighted by atomic mass is 10.1. The van der Waals surface area contributed by atoms with E-state index in [2.05, 4.69) is 29.2 Å². The summed E-state index contributed by atoms with van der Waals surface area (Å²) >= 11 is 0. The molecule has 0 saturated carbocycles. The Bertz CT molecular complexity index is 811. The number of carbonyl (C=O) groups excluding carboxylic acids is 1. The Morgan fingerprint density at radius 2 is 1.93 bits per heavy atom. The zero-order chi connectivity index (χ0) is 20.1. The Hall–Kier alpha value is -2.06. The van der Waals surface area contributed by atoms with Gasteiger partial charge in [-0.15, -0.1) is 0 Å². The van der Waals surface area contributed by atoms with Crippen molar-refractivity contribution in [3.8, 4) is 5.75 Å². The predicted octanol–water partition coefficient (Wildman–Crippen LogP) is 2.03. The maximum atomic E-state index is 12.6. The van der Waals surface area contributed by atoms with Crippen LogP contribution in [0.3, 0.4) is 0 Å². The Balaban J connectivity index is 1.53. The number of nitrogens with one attached hydrogen (secondary N) is 1. The molecule has 7 nitrogen and oxygen atoms in total. The van der Waals surface area contributed by atoms with Gasteiger partial charge >= 0.3 is 0 Å². The smallest absolute Gasteiger partial charge is 0.260 e. The van der Waals surface area contributed by atoms with Crippen LogP contribution in [-0.2, 0) is 14.8 Å². The molecule has 2 aliphatic heterocycles. The summed E-state index contributed by atoms with van der Waals surface area (Å²) in [6.45, 7) is 8.41. The standard InChI is InChI=1S/C20H29N3O4S/c1-3-28(25,26)21-17-8-12-23(13-9-17)20(24)15-27-19-7-6-16(2)14-18(19)22-10-4-5-11-22/h3,6-7,14,17,21H,1,4-5,8-13,15H2,2H3. The summed E-state index contributed by atoms with van der Waals surface area (Å²) in [6.07, 6.45) is 3.53. The first-order chi connectivity index (χ1) is 13.4. The lowest BCUT2D eigenvalue weighted by Crippen LogP contribution is -2.47. The molecule has 1 aromatic carbocycles.